The van der Waals surface area contributed by atoms with E-state index in [1.165, 1.54) is 0 Å². The maximum absolute atomic E-state index is 12.1. The molecule has 0 unspecified atom stereocenters. The standard InChI is InChI=1S/C14H11BrClNOS/c1-19-11-5-2-9(3-6-11)14(18)17-13-7-4-10(15)8-12(13)16/h2-8H,1H3,(H,17,18). The Hall–Kier alpha value is -0.970. The van der Waals surface area contributed by atoms with Crippen molar-refractivity contribution in [1.82, 2.24) is 0 Å². The van der Waals surface area contributed by atoms with E-state index in [0.717, 1.165) is 9.37 Å². The monoisotopic (exact) mass is 355 g/mol. The highest BCUT2D eigenvalue weighted by Crippen LogP contribution is 2.26. The largest absolute Gasteiger partial charge is 0.321 e. The van der Waals surface area contributed by atoms with E-state index in [1.807, 2.05) is 24.5 Å². The van der Waals surface area contributed by atoms with Gasteiger partial charge >= 0.3 is 0 Å². The summed E-state index contributed by atoms with van der Waals surface area (Å²) in [5, 5.41) is 3.30. The number of carbonyl (C=O) groups is 1. The Kier molecular flexibility index (Phi) is 4.91. The zero-order valence-electron chi connectivity index (χ0n) is 10.1. The third-order valence-corrected chi connectivity index (χ3v) is 4.08. The van der Waals surface area contributed by atoms with Gasteiger partial charge in [0.25, 0.3) is 5.91 Å². The van der Waals surface area contributed by atoms with E-state index in [0.29, 0.717) is 16.3 Å². The van der Waals surface area contributed by atoms with Gasteiger partial charge in [0, 0.05) is 14.9 Å². The van der Waals surface area contributed by atoms with Crippen molar-refractivity contribution in [1.29, 1.82) is 0 Å². The molecule has 0 aliphatic rings. The summed E-state index contributed by atoms with van der Waals surface area (Å²) < 4.78 is 0.875. The normalized spacial score (nSPS) is 10.3. The van der Waals surface area contributed by atoms with E-state index < -0.39 is 0 Å². The van der Waals surface area contributed by atoms with E-state index in [-0.39, 0.29) is 5.91 Å². The number of amides is 1. The van der Waals surface area contributed by atoms with Crippen LogP contribution in [-0.2, 0) is 0 Å². The van der Waals surface area contributed by atoms with Crippen LogP contribution < -0.4 is 5.32 Å². The van der Waals surface area contributed by atoms with Crippen molar-refractivity contribution in [2.75, 3.05) is 11.6 Å². The summed E-state index contributed by atoms with van der Waals surface area (Å²) in [6.45, 7) is 0. The molecule has 0 atom stereocenters. The number of thioether (sulfide) groups is 1. The van der Waals surface area contributed by atoms with Crippen LogP contribution in [-0.4, -0.2) is 12.2 Å². The first kappa shape index (κ1) is 14.4. The molecule has 2 nitrogen and oxygen atoms in total. The first-order valence-corrected chi connectivity index (χ1v) is 7.90. The first-order chi connectivity index (χ1) is 9.10. The number of halogens is 2. The van der Waals surface area contributed by atoms with E-state index in [4.69, 9.17) is 11.6 Å². The molecule has 0 heterocycles. The molecule has 0 aliphatic carbocycles. The minimum Gasteiger partial charge on any atom is -0.321 e. The average Bonchev–Trinajstić information content (AvgIpc) is 2.42. The zero-order chi connectivity index (χ0) is 13.8. The van der Waals surface area contributed by atoms with E-state index in [2.05, 4.69) is 21.2 Å². The lowest BCUT2D eigenvalue weighted by atomic mass is 10.2. The molecule has 5 heteroatoms. The number of benzene rings is 2. The van der Waals surface area contributed by atoms with Gasteiger partial charge in [0.15, 0.2) is 0 Å². The topological polar surface area (TPSA) is 29.1 Å². The van der Waals surface area contributed by atoms with Crippen LogP contribution in [0.1, 0.15) is 10.4 Å². The number of carbonyl (C=O) groups excluding carboxylic acids is 1. The second-order valence-electron chi connectivity index (χ2n) is 3.81. The summed E-state index contributed by atoms with van der Waals surface area (Å²) in [4.78, 5) is 13.2. The molecule has 1 amide bonds. The van der Waals surface area contributed by atoms with Gasteiger partial charge in [-0.25, -0.2) is 0 Å². The zero-order valence-corrected chi connectivity index (χ0v) is 13.3. The maximum Gasteiger partial charge on any atom is 0.255 e. The molecule has 98 valence electrons. The number of rotatable bonds is 3. The Bertz CT molecular complexity index is 601. The quantitative estimate of drug-likeness (QED) is 0.777. The highest BCUT2D eigenvalue weighted by Gasteiger charge is 2.08. The third-order valence-electron chi connectivity index (χ3n) is 2.53. The molecule has 0 fully saturated rings. The molecular formula is C14H11BrClNOS. The summed E-state index contributed by atoms with van der Waals surface area (Å²) in [6.07, 6.45) is 2.00. The number of hydrogen-bond donors (Lipinski definition) is 1. The van der Waals surface area contributed by atoms with Crippen molar-refractivity contribution in [2.24, 2.45) is 0 Å². The van der Waals surface area contributed by atoms with E-state index in [1.54, 1.807) is 36.0 Å². The fourth-order valence-corrected chi connectivity index (χ4v) is 2.66. The molecule has 1 N–H and O–H groups in total. The summed E-state index contributed by atoms with van der Waals surface area (Å²) in [5.41, 5.74) is 1.21. The molecular weight excluding hydrogens is 346 g/mol. The van der Waals surface area contributed by atoms with Crippen molar-refractivity contribution in [3.63, 3.8) is 0 Å². The lowest BCUT2D eigenvalue weighted by molar-refractivity contribution is 0.102. The van der Waals surface area contributed by atoms with Crippen LogP contribution in [0.2, 0.25) is 5.02 Å². The highest BCUT2D eigenvalue weighted by atomic mass is 79.9. The van der Waals surface area contributed by atoms with Gasteiger partial charge in [0.2, 0.25) is 0 Å². The molecule has 0 radical (unpaired) electrons. The third kappa shape index (κ3) is 3.75. The molecule has 0 aliphatic heterocycles. The average molecular weight is 357 g/mol. The van der Waals surface area contributed by atoms with Gasteiger partial charge in [-0.05, 0) is 48.7 Å². The lowest BCUT2D eigenvalue weighted by Crippen LogP contribution is -2.12. The predicted molar refractivity (Wildman–Crippen MR) is 85.3 cm³/mol. The van der Waals surface area contributed by atoms with E-state index >= 15 is 0 Å². The Morgan fingerprint density at radius 1 is 1.21 bits per heavy atom. The van der Waals surface area contributed by atoms with Crippen LogP contribution in [0.3, 0.4) is 0 Å². The van der Waals surface area contributed by atoms with Gasteiger partial charge in [-0.15, -0.1) is 11.8 Å². The number of anilines is 1. The van der Waals surface area contributed by atoms with Crippen LogP contribution in [0.5, 0.6) is 0 Å². The molecule has 2 aromatic carbocycles. The Morgan fingerprint density at radius 3 is 2.47 bits per heavy atom. The summed E-state index contributed by atoms with van der Waals surface area (Å²) in [6, 6.07) is 12.8. The lowest BCUT2D eigenvalue weighted by Gasteiger charge is -2.08. The van der Waals surface area contributed by atoms with Crippen LogP contribution >= 0.6 is 39.3 Å². The molecule has 19 heavy (non-hydrogen) atoms. The molecule has 0 aromatic heterocycles. The van der Waals surface area contributed by atoms with Gasteiger partial charge in [-0.3, -0.25) is 4.79 Å². The summed E-state index contributed by atoms with van der Waals surface area (Å²) >= 11 is 11.0. The SMILES string of the molecule is CSc1ccc(C(=O)Nc2ccc(Br)cc2Cl)cc1. The Labute approximate surface area is 129 Å². The number of nitrogens with one attached hydrogen (secondary N) is 1. The smallest absolute Gasteiger partial charge is 0.255 e. The van der Waals surface area contributed by atoms with Crippen LogP contribution in [0.15, 0.2) is 51.8 Å². The second kappa shape index (κ2) is 6.46. The first-order valence-electron chi connectivity index (χ1n) is 5.50. The van der Waals surface area contributed by atoms with Gasteiger partial charge in [0.1, 0.15) is 0 Å². The van der Waals surface area contributed by atoms with Crippen LogP contribution in [0.25, 0.3) is 0 Å². The van der Waals surface area contributed by atoms with Gasteiger partial charge in [0.05, 0.1) is 10.7 Å². The van der Waals surface area contributed by atoms with Gasteiger partial charge < -0.3 is 5.32 Å². The molecule has 0 saturated carbocycles. The van der Waals surface area contributed by atoms with Crippen LogP contribution in [0.4, 0.5) is 5.69 Å². The maximum atomic E-state index is 12.1. The van der Waals surface area contributed by atoms with Crippen molar-refractivity contribution in [2.45, 2.75) is 4.90 Å². The molecule has 2 rings (SSSR count). The van der Waals surface area contributed by atoms with E-state index in [9.17, 15) is 4.79 Å². The Morgan fingerprint density at radius 2 is 1.89 bits per heavy atom. The highest BCUT2D eigenvalue weighted by molar-refractivity contribution is 9.10. The summed E-state index contributed by atoms with van der Waals surface area (Å²) in [7, 11) is 0. The van der Waals surface area contributed by atoms with Crippen molar-refractivity contribution < 1.29 is 4.79 Å². The van der Waals surface area contributed by atoms with Crippen molar-refractivity contribution in [3.05, 3.63) is 57.5 Å². The van der Waals surface area contributed by atoms with Gasteiger partial charge in [-0.1, -0.05) is 27.5 Å². The second-order valence-corrected chi connectivity index (χ2v) is 6.01. The molecule has 0 spiro atoms. The Balaban J connectivity index is 2.15. The molecule has 0 bridgehead atoms. The van der Waals surface area contributed by atoms with Crippen molar-refractivity contribution >= 4 is 50.9 Å². The molecule has 0 saturated heterocycles. The minimum absolute atomic E-state index is 0.170. The number of hydrogen-bond acceptors (Lipinski definition) is 2. The fraction of sp³-hybridized carbons (Fsp3) is 0.0714. The van der Waals surface area contributed by atoms with Crippen LogP contribution in [0, 0.1) is 0 Å². The van der Waals surface area contributed by atoms with Crippen molar-refractivity contribution in [3.8, 4) is 0 Å². The fourth-order valence-electron chi connectivity index (χ4n) is 1.53. The predicted octanol–water partition coefficient (Wildman–Crippen LogP) is 5.08. The summed E-state index contributed by atoms with van der Waals surface area (Å²) in [5.74, 6) is -0.170. The minimum atomic E-state index is -0.170. The molecule has 2 aromatic rings. The van der Waals surface area contributed by atoms with Gasteiger partial charge in [-0.2, -0.15) is 0 Å².